The Morgan fingerprint density at radius 3 is 2.94 bits per heavy atom. The maximum Gasteiger partial charge on any atom is 0.219 e. The Kier molecular flexibility index (Phi) is 5.69. The Morgan fingerprint density at radius 2 is 2.26 bits per heavy atom. The molecule has 0 fully saturated rings. The molecule has 3 heterocycles. The number of allylic oxidation sites excluding steroid dienone is 3. The molecular weight excluding hydrogens is 428 g/mol. The fraction of sp³-hybridized carbons (Fsp3) is 0.318. The number of rotatable bonds is 5. The van der Waals surface area contributed by atoms with Crippen LogP contribution < -0.4 is 10.6 Å². The van der Waals surface area contributed by atoms with Gasteiger partial charge in [-0.2, -0.15) is 5.26 Å². The first-order valence-corrected chi connectivity index (χ1v) is 11.6. The van der Waals surface area contributed by atoms with Crippen LogP contribution in [0.15, 0.2) is 64.2 Å². The summed E-state index contributed by atoms with van der Waals surface area (Å²) >= 11 is 2.91. The van der Waals surface area contributed by atoms with E-state index < -0.39 is 5.92 Å². The van der Waals surface area contributed by atoms with Gasteiger partial charge in [0.25, 0.3) is 0 Å². The third kappa shape index (κ3) is 3.89. The van der Waals surface area contributed by atoms with Crippen molar-refractivity contribution in [2.75, 3.05) is 10.7 Å². The van der Waals surface area contributed by atoms with Crippen LogP contribution in [-0.4, -0.2) is 26.7 Å². The molecule has 1 aliphatic heterocycles. The maximum absolute atomic E-state index is 13.4. The molecule has 0 spiro atoms. The van der Waals surface area contributed by atoms with E-state index in [1.165, 1.54) is 23.1 Å². The zero-order valence-electron chi connectivity index (χ0n) is 17.3. The fourth-order valence-electron chi connectivity index (χ4n) is 4.09. The van der Waals surface area contributed by atoms with E-state index in [0.717, 1.165) is 15.6 Å². The number of pyridine rings is 1. The van der Waals surface area contributed by atoms with Gasteiger partial charge in [0.1, 0.15) is 5.82 Å². The van der Waals surface area contributed by atoms with Crippen LogP contribution in [0.1, 0.15) is 38.2 Å². The van der Waals surface area contributed by atoms with Gasteiger partial charge in [-0.05, 0) is 23.5 Å². The molecule has 0 radical (unpaired) electrons. The predicted octanol–water partition coefficient (Wildman–Crippen LogP) is 4.15. The smallest absolute Gasteiger partial charge is 0.219 e. The lowest BCUT2D eigenvalue weighted by atomic mass is 9.69. The van der Waals surface area contributed by atoms with Gasteiger partial charge in [-0.3, -0.25) is 14.7 Å². The summed E-state index contributed by atoms with van der Waals surface area (Å²) < 4.78 is 0.777. The third-order valence-electron chi connectivity index (χ3n) is 5.31. The quantitative estimate of drug-likeness (QED) is 0.534. The van der Waals surface area contributed by atoms with Crippen molar-refractivity contribution in [3.63, 3.8) is 0 Å². The standard InChI is InChI=1S/C22H22N6OS2/c1-4-8-30-21-27-26-20(31-21)28-15-9-22(2,3)10-16(29)18(15)17(14(11-23)19(28)24)13-6-5-7-25-12-13/h4-7,12,17H,1,8-10,24H2,2-3H3. The van der Waals surface area contributed by atoms with Gasteiger partial charge < -0.3 is 5.73 Å². The Balaban J connectivity index is 1.91. The molecule has 1 atom stereocenters. The number of hydrogen-bond donors (Lipinski definition) is 1. The lowest BCUT2D eigenvalue weighted by molar-refractivity contribution is -0.118. The predicted molar refractivity (Wildman–Crippen MR) is 122 cm³/mol. The first-order valence-electron chi connectivity index (χ1n) is 9.79. The summed E-state index contributed by atoms with van der Waals surface area (Å²) in [5.41, 5.74) is 8.85. The van der Waals surface area contributed by atoms with Crippen LogP contribution in [0.3, 0.4) is 0 Å². The van der Waals surface area contributed by atoms with Crippen molar-refractivity contribution < 1.29 is 4.79 Å². The highest BCUT2D eigenvalue weighted by atomic mass is 32.2. The number of hydrogen-bond acceptors (Lipinski definition) is 9. The fourth-order valence-corrected chi connectivity index (χ4v) is 5.73. The summed E-state index contributed by atoms with van der Waals surface area (Å²) in [7, 11) is 0. The average Bonchev–Trinajstić information content (AvgIpc) is 3.19. The monoisotopic (exact) mass is 450 g/mol. The Labute approximate surface area is 189 Å². The second-order valence-corrected chi connectivity index (χ2v) is 10.4. The van der Waals surface area contributed by atoms with E-state index in [-0.39, 0.29) is 17.0 Å². The molecule has 0 saturated carbocycles. The summed E-state index contributed by atoms with van der Waals surface area (Å²) in [6.45, 7) is 7.87. The van der Waals surface area contributed by atoms with Crippen molar-refractivity contribution in [2.24, 2.45) is 11.1 Å². The van der Waals surface area contributed by atoms with Crippen molar-refractivity contribution in [2.45, 2.75) is 36.9 Å². The van der Waals surface area contributed by atoms with Crippen LogP contribution in [0, 0.1) is 16.7 Å². The third-order valence-corrected chi connectivity index (χ3v) is 7.35. The molecule has 158 valence electrons. The van der Waals surface area contributed by atoms with Crippen molar-refractivity contribution >= 4 is 34.0 Å². The minimum Gasteiger partial charge on any atom is -0.384 e. The number of nitriles is 1. The normalized spacial score (nSPS) is 20.5. The van der Waals surface area contributed by atoms with Gasteiger partial charge in [0.15, 0.2) is 10.1 Å². The molecular formula is C22H22N6OS2. The maximum atomic E-state index is 13.4. The molecule has 2 N–H and O–H groups in total. The van der Waals surface area contributed by atoms with Crippen molar-refractivity contribution in [3.8, 4) is 6.07 Å². The molecule has 1 unspecified atom stereocenters. The Hall–Kier alpha value is -2.96. The molecule has 9 heteroatoms. The minimum absolute atomic E-state index is 0.0242. The van der Waals surface area contributed by atoms with Gasteiger partial charge in [-0.25, -0.2) is 0 Å². The second kappa shape index (κ2) is 8.29. The van der Waals surface area contributed by atoms with E-state index in [4.69, 9.17) is 5.73 Å². The van der Waals surface area contributed by atoms with Crippen molar-refractivity contribution in [1.82, 2.24) is 15.2 Å². The molecule has 2 aromatic heterocycles. The number of nitrogens with two attached hydrogens (primary N) is 1. The number of nitrogens with zero attached hydrogens (tertiary/aromatic N) is 5. The van der Waals surface area contributed by atoms with Crippen LogP contribution in [0.25, 0.3) is 0 Å². The molecule has 4 rings (SSSR count). The lowest BCUT2D eigenvalue weighted by Crippen LogP contribution is -2.42. The van der Waals surface area contributed by atoms with E-state index in [1.54, 1.807) is 29.4 Å². The average molecular weight is 451 g/mol. The van der Waals surface area contributed by atoms with E-state index in [1.807, 2.05) is 6.07 Å². The van der Waals surface area contributed by atoms with Crippen LogP contribution in [0.5, 0.6) is 0 Å². The first kappa shape index (κ1) is 21.3. The number of carbonyl (C=O) groups excluding carboxylic acids is 1. The van der Waals surface area contributed by atoms with E-state index >= 15 is 0 Å². The Morgan fingerprint density at radius 1 is 1.45 bits per heavy atom. The van der Waals surface area contributed by atoms with Crippen LogP contribution in [0.4, 0.5) is 5.13 Å². The van der Waals surface area contributed by atoms with Gasteiger partial charge in [0.05, 0.1) is 17.6 Å². The molecule has 7 nitrogen and oxygen atoms in total. The molecule has 0 bridgehead atoms. The number of ketones is 1. The first-order chi connectivity index (χ1) is 14.9. The van der Waals surface area contributed by atoms with Crippen LogP contribution in [-0.2, 0) is 4.79 Å². The van der Waals surface area contributed by atoms with E-state index in [2.05, 4.69) is 41.7 Å². The zero-order valence-corrected chi connectivity index (χ0v) is 19.0. The number of carbonyl (C=O) groups is 1. The molecule has 0 saturated heterocycles. The van der Waals surface area contributed by atoms with Gasteiger partial charge in [0.2, 0.25) is 5.13 Å². The van der Waals surface area contributed by atoms with E-state index in [0.29, 0.717) is 34.9 Å². The van der Waals surface area contributed by atoms with Gasteiger partial charge in [-0.1, -0.05) is 49.1 Å². The van der Waals surface area contributed by atoms with Crippen LogP contribution >= 0.6 is 23.1 Å². The highest BCUT2D eigenvalue weighted by molar-refractivity contribution is 8.01. The molecule has 0 amide bonds. The summed E-state index contributed by atoms with van der Waals surface area (Å²) in [4.78, 5) is 19.4. The summed E-state index contributed by atoms with van der Waals surface area (Å²) in [5, 5.41) is 19.2. The van der Waals surface area contributed by atoms with Gasteiger partial charge in [-0.15, -0.1) is 16.8 Å². The number of anilines is 1. The van der Waals surface area contributed by atoms with Gasteiger partial charge >= 0.3 is 0 Å². The number of Topliss-reactive ketones (excluding diaryl/α,β-unsaturated/α-hetero) is 1. The van der Waals surface area contributed by atoms with Gasteiger partial charge in [0, 0.05) is 35.8 Å². The number of thioether (sulfide) groups is 1. The summed E-state index contributed by atoms with van der Waals surface area (Å²) in [6, 6.07) is 5.94. The highest BCUT2D eigenvalue weighted by Gasteiger charge is 2.45. The molecule has 1 aliphatic carbocycles. The summed E-state index contributed by atoms with van der Waals surface area (Å²) in [6.07, 6.45) is 6.21. The van der Waals surface area contributed by atoms with Crippen molar-refractivity contribution in [1.29, 1.82) is 5.26 Å². The molecule has 2 aliphatic rings. The van der Waals surface area contributed by atoms with Crippen molar-refractivity contribution in [3.05, 3.63) is 65.4 Å². The minimum atomic E-state index is -0.531. The zero-order chi connectivity index (χ0) is 22.2. The van der Waals surface area contributed by atoms with Crippen LogP contribution in [0.2, 0.25) is 0 Å². The molecule has 0 aromatic carbocycles. The van der Waals surface area contributed by atoms with E-state index in [9.17, 15) is 10.1 Å². The molecule has 2 aromatic rings. The Bertz CT molecular complexity index is 1140. The number of aromatic nitrogens is 3. The second-order valence-electron chi connectivity index (χ2n) is 8.22. The largest absolute Gasteiger partial charge is 0.384 e. The summed E-state index contributed by atoms with van der Waals surface area (Å²) in [5.74, 6) is 0.496. The highest BCUT2D eigenvalue weighted by Crippen LogP contribution is 2.50. The topological polar surface area (TPSA) is 109 Å². The molecule has 31 heavy (non-hydrogen) atoms. The lowest BCUT2D eigenvalue weighted by Gasteiger charge is -2.42. The SMILES string of the molecule is C=CCSc1nnc(N2C(N)=C(C#N)C(c3cccnc3)C3=C2CC(C)(C)CC3=O)s1.